The summed E-state index contributed by atoms with van der Waals surface area (Å²) in [6.07, 6.45) is 0.445. The number of aromatic hydroxyl groups is 2. The molecular weight excluding hydrogens is 398 g/mol. The normalized spacial score (nSPS) is 19.7. The fourth-order valence-corrected chi connectivity index (χ4v) is 4.31. The molecule has 0 spiro atoms. The van der Waals surface area contributed by atoms with Gasteiger partial charge < -0.3 is 19.7 Å². The number of nitrogens with zero attached hydrogens (tertiary/aromatic N) is 1. The lowest BCUT2D eigenvalue weighted by molar-refractivity contribution is -0.142. The summed E-state index contributed by atoms with van der Waals surface area (Å²) in [4.78, 5) is 26.3. The summed E-state index contributed by atoms with van der Waals surface area (Å²) < 4.78 is 5.96. The Bertz CT molecular complexity index is 1190. The van der Waals surface area contributed by atoms with Crippen LogP contribution in [0.1, 0.15) is 17.9 Å². The molecule has 2 atom stereocenters. The largest absolute Gasteiger partial charge is 0.507 e. The van der Waals surface area contributed by atoms with Gasteiger partial charge in [0.25, 0.3) is 0 Å². The minimum atomic E-state index is -1.04. The minimum absolute atomic E-state index is 0.0310. The van der Waals surface area contributed by atoms with Crippen LogP contribution in [0.15, 0.2) is 45.6 Å². The molecule has 2 heterocycles. The lowest BCUT2D eigenvalue weighted by Crippen LogP contribution is -2.36. The summed E-state index contributed by atoms with van der Waals surface area (Å²) in [5.74, 6) is -2.25. The third-order valence-electron chi connectivity index (χ3n) is 5.41. The molecule has 3 N–H and O–H groups in total. The summed E-state index contributed by atoms with van der Waals surface area (Å²) in [5.41, 5.74) is 0.121. The topological polar surface area (TPSA) is 111 Å². The molecule has 1 aliphatic rings. The van der Waals surface area contributed by atoms with Crippen molar-refractivity contribution in [2.45, 2.75) is 18.4 Å². The fraction of sp³-hybridized carbons (Fsp3) is 0.238. The smallest absolute Gasteiger partial charge is 0.321 e. The van der Waals surface area contributed by atoms with E-state index in [1.807, 2.05) is 0 Å². The molecule has 1 aliphatic heterocycles. The molecule has 0 amide bonds. The van der Waals surface area contributed by atoms with Gasteiger partial charge in [0.15, 0.2) is 5.43 Å². The van der Waals surface area contributed by atoms with Gasteiger partial charge in [-0.1, -0.05) is 23.7 Å². The van der Waals surface area contributed by atoms with Crippen LogP contribution in [-0.4, -0.2) is 45.8 Å². The zero-order chi connectivity index (χ0) is 20.9. The molecule has 150 valence electrons. The van der Waals surface area contributed by atoms with E-state index < -0.39 is 29.1 Å². The minimum Gasteiger partial charge on any atom is -0.507 e. The Labute approximate surface area is 170 Å². The first kappa shape index (κ1) is 19.3. The van der Waals surface area contributed by atoms with E-state index >= 15 is 0 Å². The summed E-state index contributed by atoms with van der Waals surface area (Å²) in [6.45, 7) is 0.498. The van der Waals surface area contributed by atoms with Crippen molar-refractivity contribution in [3.8, 4) is 22.8 Å². The van der Waals surface area contributed by atoms with E-state index in [-0.39, 0.29) is 28.0 Å². The van der Waals surface area contributed by atoms with E-state index in [0.29, 0.717) is 23.6 Å². The molecule has 7 nitrogen and oxygen atoms in total. The highest BCUT2D eigenvalue weighted by atomic mass is 35.5. The number of rotatable bonds is 3. The molecule has 0 unspecified atom stereocenters. The lowest BCUT2D eigenvalue weighted by atomic mass is 9.89. The van der Waals surface area contributed by atoms with Crippen molar-refractivity contribution in [2.75, 3.05) is 13.6 Å². The number of halogens is 1. The Morgan fingerprint density at radius 3 is 2.62 bits per heavy atom. The Morgan fingerprint density at radius 2 is 1.93 bits per heavy atom. The zero-order valence-electron chi connectivity index (χ0n) is 15.4. The number of phenolic OH excluding ortho intramolecular Hbond substituents is 2. The molecule has 0 aliphatic carbocycles. The molecule has 3 aromatic rings. The Hall–Kier alpha value is -3.03. The van der Waals surface area contributed by atoms with Crippen LogP contribution < -0.4 is 5.43 Å². The quantitative estimate of drug-likeness (QED) is 0.601. The molecule has 29 heavy (non-hydrogen) atoms. The van der Waals surface area contributed by atoms with Crippen LogP contribution in [-0.2, 0) is 4.79 Å². The number of carboxylic acids is 1. The maximum Gasteiger partial charge on any atom is 0.321 e. The Balaban J connectivity index is 2.04. The monoisotopic (exact) mass is 415 g/mol. The standard InChI is InChI=1S/C21H18ClNO6/c1-23-7-6-11(19(23)21(27)28)17-13(24)8-14(25)18-15(26)9-16(29-20(17)18)10-4-2-3-5-12(10)22/h2-5,8-9,11,19,24-25H,6-7H2,1H3,(H,27,28)/t11-,19+/m1/s1. The predicted octanol–water partition coefficient (Wildman–Crippen LogP) is 3.40. The first-order valence-corrected chi connectivity index (χ1v) is 9.38. The maximum atomic E-state index is 12.8. The Kier molecular flexibility index (Phi) is 4.72. The van der Waals surface area contributed by atoms with E-state index in [0.717, 1.165) is 6.07 Å². The van der Waals surface area contributed by atoms with Crippen LogP contribution in [0.2, 0.25) is 5.02 Å². The van der Waals surface area contributed by atoms with Gasteiger partial charge >= 0.3 is 5.97 Å². The number of hydrogen-bond donors (Lipinski definition) is 3. The van der Waals surface area contributed by atoms with Crippen molar-refractivity contribution in [1.82, 2.24) is 4.90 Å². The fourth-order valence-electron chi connectivity index (χ4n) is 4.08. The number of aliphatic carboxylic acids is 1. The van der Waals surface area contributed by atoms with Crippen molar-refractivity contribution in [2.24, 2.45) is 0 Å². The summed E-state index contributed by atoms with van der Waals surface area (Å²) in [7, 11) is 1.68. The van der Waals surface area contributed by atoms with Crippen molar-refractivity contribution in [3.63, 3.8) is 0 Å². The Morgan fingerprint density at radius 1 is 1.21 bits per heavy atom. The van der Waals surface area contributed by atoms with Gasteiger partial charge in [0.1, 0.15) is 34.3 Å². The van der Waals surface area contributed by atoms with Crippen LogP contribution >= 0.6 is 11.6 Å². The van der Waals surface area contributed by atoms with Crippen LogP contribution in [0.4, 0.5) is 0 Å². The van der Waals surface area contributed by atoms with Crippen LogP contribution in [0.25, 0.3) is 22.3 Å². The summed E-state index contributed by atoms with van der Waals surface area (Å²) in [6, 6.07) is 8.17. The van der Waals surface area contributed by atoms with Crippen molar-refractivity contribution < 1.29 is 24.5 Å². The SMILES string of the molecule is CN1CC[C@H](c2c(O)cc(O)c3c(=O)cc(-c4ccccc4Cl)oc23)[C@H]1C(=O)O. The number of likely N-dealkylation sites (N-methyl/N-ethyl adjacent to an activating group) is 1. The van der Waals surface area contributed by atoms with E-state index in [9.17, 15) is 24.9 Å². The maximum absolute atomic E-state index is 12.8. The molecule has 1 saturated heterocycles. The first-order chi connectivity index (χ1) is 13.8. The van der Waals surface area contributed by atoms with Crippen LogP contribution in [0.3, 0.4) is 0 Å². The molecule has 1 fully saturated rings. The number of hydrogen-bond acceptors (Lipinski definition) is 6. The first-order valence-electron chi connectivity index (χ1n) is 9.00. The molecule has 8 heteroatoms. The molecule has 0 bridgehead atoms. The molecule has 0 radical (unpaired) electrons. The van der Waals surface area contributed by atoms with Gasteiger partial charge in [0.05, 0.1) is 5.02 Å². The average molecular weight is 416 g/mol. The molecule has 4 rings (SSSR count). The van der Waals surface area contributed by atoms with Gasteiger partial charge in [-0.2, -0.15) is 0 Å². The van der Waals surface area contributed by atoms with Crippen molar-refractivity contribution in [1.29, 1.82) is 0 Å². The molecule has 2 aromatic carbocycles. The molecule has 1 aromatic heterocycles. The van der Waals surface area contributed by atoms with E-state index in [4.69, 9.17) is 16.0 Å². The number of likely N-dealkylation sites (tertiary alicyclic amines) is 1. The number of benzene rings is 2. The third-order valence-corrected chi connectivity index (χ3v) is 5.74. The second-order valence-electron chi connectivity index (χ2n) is 7.15. The number of fused-ring (bicyclic) bond motifs is 1. The highest BCUT2D eigenvalue weighted by Gasteiger charge is 2.41. The number of carboxylic acid groups (broad SMARTS) is 1. The van der Waals surface area contributed by atoms with Crippen LogP contribution in [0.5, 0.6) is 11.5 Å². The van der Waals surface area contributed by atoms with Gasteiger partial charge in [-0.3, -0.25) is 14.5 Å². The second kappa shape index (κ2) is 7.09. The third kappa shape index (κ3) is 3.12. The van der Waals surface area contributed by atoms with Gasteiger partial charge in [-0.25, -0.2) is 0 Å². The zero-order valence-corrected chi connectivity index (χ0v) is 16.2. The van der Waals surface area contributed by atoms with Gasteiger partial charge in [-0.15, -0.1) is 0 Å². The average Bonchev–Trinajstić information content (AvgIpc) is 3.02. The lowest BCUT2D eigenvalue weighted by Gasteiger charge is -2.22. The van der Waals surface area contributed by atoms with Gasteiger partial charge in [-0.05, 0) is 32.1 Å². The van der Waals surface area contributed by atoms with Crippen molar-refractivity contribution >= 4 is 28.5 Å². The van der Waals surface area contributed by atoms with E-state index in [1.54, 1.807) is 36.2 Å². The number of phenols is 2. The van der Waals surface area contributed by atoms with Gasteiger partial charge in [0, 0.05) is 29.2 Å². The van der Waals surface area contributed by atoms with E-state index in [2.05, 4.69) is 0 Å². The molecule has 0 saturated carbocycles. The van der Waals surface area contributed by atoms with E-state index in [1.165, 1.54) is 6.07 Å². The summed E-state index contributed by atoms with van der Waals surface area (Å²) >= 11 is 6.23. The highest BCUT2D eigenvalue weighted by molar-refractivity contribution is 6.33. The summed E-state index contributed by atoms with van der Waals surface area (Å²) in [5, 5.41) is 30.8. The highest BCUT2D eigenvalue weighted by Crippen LogP contribution is 2.44. The van der Waals surface area contributed by atoms with Gasteiger partial charge in [0.2, 0.25) is 0 Å². The van der Waals surface area contributed by atoms with Crippen LogP contribution in [0, 0.1) is 0 Å². The number of carbonyl (C=O) groups is 1. The second-order valence-corrected chi connectivity index (χ2v) is 7.55. The molecular formula is C21H18ClNO6. The van der Waals surface area contributed by atoms with Crippen molar-refractivity contribution in [3.05, 3.63) is 57.2 Å². The predicted molar refractivity (Wildman–Crippen MR) is 108 cm³/mol.